The average molecular weight is 379 g/mol. The van der Waals surface area contributed by atoms with E-state index in [1.165, 1.54) is 6.07 Å². The van der Waals surface area contributed by atoms with Gasteiger partial charge in [-0.2, -0.15) is 0 Å². The fourth-order valence-corrected chi connectivity index (χ4v) is 3.63. The van der Waals surface area contributed by atoms with Gasteiger partial charge < -0.3 is 15.7 Å². The summed E-state index contributed by atoms with van der Waals surface area (Å²) >= 11 is 12.0. The third-order valence-corrected chi connectivity index (χ3v) is 5.51. The van der Waals surface area contributed by atoms with Gasteiger partial charge in [-0.15, -0.1) is 0 Å². The Bertz CT molecular complexity index is 760. The highest BCUT2D eigenvalue weighted by Gasteiger charge is 2.29. The maximum Gasteiger partial charge on any atom is 0.253 e. The summed E-state index contributed by atoms with van der Waals surface area (Å²) in [5.41, 5.74) is 7.66. The third-order valence-electron chi connectivity index (χ3n) is 4.78. The molecule has 2 aromatic carbocycles. The van der Waals surface area contributed by atoms with Gasteiger partial charge in [-0.25, -0.2) is 0 Å². The highest BCUT2D eigenvalue weighted by molar-refractivity contribution is 6.42. The monoisotopic (exact) mass is 378 g/mol. The van der Waals surface area contributed by atoms with Gasteiger partial charge in [0.2, 0.25) is 0 Å². The second-order valence-electron chi connectivity index (χ2n) is 6.35. The lowest BCUT2D eigenvalue weighted by Crippen LogP contribution is -2.41. The largest absolute Gasteiger partial charge is 0.508 e. The number of nitrogens with two attached hydrogens (primary N) is 1. The molecule has 0 aliphatic carbocycles. The third kappa shape index (κ3) is 3.92. The number of benzene rings is 2. The molecule has 1 atom stereocenters. The lowest BCUT2D eigenvalue weighted by atomic mass is 9.85. The Hall–Kier alpha value is -1.75. The smallest absolute Gasteiger partial charge is 0.253 e. The molecule has 25 heavy (non-hydrogen) atoms. The topological polar surface area (TPSA) is 66.6 Å². The first kappa shape index (κ1) is 18.1. The second-order valence-corrected chi connectivity index (χ2v) is 7.16. The molecule has 1 unspecified atom stereocenters. The molecule has 1 saturated heterocycles. The molecule has 1 aliphatic rings. The summed E-state index contributed by atoms with van der Waals surface area (Å²) in [4.78, 5) is 14.4. The number of aromatic hydroxyl groups is 1. The van der Waals surface area contributed by atoms with Crippen LogP contribution in [0.5, 0.6) is 5.75 Å². The molecule has 0 spiro atoms. The Morgan fingerprint density at radius 3 is 2.36 bits per heavy atom. The van der Waals surface area contributed by atoms with Crippen LogP contribution in [-0.2, 0) is 0 Å². The van der Waals surface area contributed by atoms with Crippen LogP contribution in [0.25, 0.3) is 0 Å². The average Bonchev–Trinajstić information content (AvgIpc) is 2.64. The number of hydrogen-bond acceptors (Lipinski definition) is 3. The van der Waals surface area contributed by atoms with Crippen LogP contribution in [0.1, 0.15) is 34.8 Å². The van der Waals surface area contributed by atoms with Gasteiger partial charge in [0.1, 0.15) is 5.75 Å². The van der Waals surface area contributed by atoms with Crippen LogP contribution in [0.15, 0.2) is 42.5 Å². The van der Waals surface area contributed by atoms with Crippen molar-refractivity contribution in [2.24, 2.45) is 11.7 Å². The Morgan fingerprint density at radius 1 is 1.12 bits per heavy atom. The normalized spacial score (nSPS) is 16.7. The first-order valence-electron chi connectivity index (χ1n) is 8.25. The van der Waals surface area contributed by atoms with E-state index >= 15 is 0 Å². The summed E-state index contributed by atoms with van der Waals surface area (Å²) in [6, 6.07) is 12.0. The molecule has 1 aliphatic heterocycles. The van der Waals surface area contributed by atoms with Gasteiger partial charge >= 0.3 is 0 Å². The summed E-state index contributed by atoms with van der Waals surface area (Å²) < 4.78 is 0. The number of piperidine rings is 1. The Morgan fingerprint density at radius 2 is 1.72 bits per heavy atom. The molecule has 4 nitrogen and oxygen atoms in total. The van der Waals surface area contributed by atoms with E-state index in [-0.39, 0.29) is 23.6 Å². The van der Waals surface area contributed by atoms with Crippen molar-refractivity contribution >= 4 is 29.1 Å². The zero-order chi connectivity index (χ0) is 18.0. The molecule has 0 bridgehead atoms. The molecule has 132 valence electrons. The molecule has 1 heterocycles. The number of phenols is 1. The maximum atomic E-state index is 12.5. The van der Waals surface area contributed by atoms with E-state index < -0.39 is 0 Å². The van der Waals surface area contributed by atoms with E-state index in [1.807, 2.05) is 35.2 Å². The van der Waals surface area contributed by atoms with Crippen molar-refractivity contribution < 1.29 is 9.90 Å². The van der Waals surface area contributed by atoms with Crippen molar-refractivity contribution in [1.82, 2.24) is 4.90 Å². The fourth-order valence-electron chi connectivity index (χ4n) is 3.30. The van der Waals surface area contributed by atoms with E-state index in [2.05, 4.69) is 0 Å². The minimum Gasteiger partial charge on any atom is -0.508 e. The van der Waals surface area contributed by atoms with Crippen LogP contribution in [0, 0.1) is 5.92 Å². The van der Waals surface area contributed by atoms with E-state index in [0.29, 0.717) is 34.3 Å². The first-order valence-corrected chi connectivity index (χ1v) is 9.00. The summed E-state index contributed by atoms with van der Waals surface area (Å²) in [7, 11) is 0. The molecule has 6 heteroatoms. The van der Waals surface area contributed by atoms with Crippen LogP contribution in [-0.4, -0.2) is 29.0 Å². The molecule has 0 aromatic heterocycles. The van der Waals surface area contributed by atoms with E-state index in [9.17, 15) is 9.90 Å². The Balaban J connectivity index is 1.66. The first-order chi connectivity index (χ1) is 12.0. The van der Waals surface area contributed by atoms with E-state index in [0.717, 1.165) is 12.8 Å². The number of phenolic OH excluding ortho intramolecular Hbond substituents is 1. The van der Waals surface area contributed by atoms with Gasteiger partial charge in [0.25, 0.3) is 5.91 Å². The zero-order valence-corrected chi connectivity index (χ0v) is 15.2. The van der Waals surface area contributed by atoms with E-state index in [1.54, 1.807) is 6.07 Å². The van der Waals surface area contributed by atoms with Crippen LogP contribution in [0.3, 0.4) is 0 Å². The number of amides is 1. The molecule has 0 radical (unpaired) electrons. The minimum atomic E-state index is -0.344. The predicted molar refractivity (Wildman–Crippen MR) is 100 cm³/mol. The summed E-state index contributed by atoms with van der Waals surface area (Å²) in [6.07, 6.45) is 1.55. The number of likely N-dealkylation sites (tertiary alicyclic amines) is 1. The van der Waals surface area contributed by atoms with Crippen molar-refractivity contribution in [1.29, 1.82) is 0 Å². The molecule has 1 amide bonds. The lowest BCUT2D eigenvalue weighted by Gasteiger charge is -2.35. The van der Waals surface area contributed by atoms with Gasteiger partial charge in [-0.3, -0.25) is 4.79 Å². The lowest BCUT2D eigenvalue weighted by molar-refractivity contribution is 0.0677. The molecule has 1 fully saturated rings. The summed E-state index contributed by atoms with van der Waals surface area (Å²) in [5, 5.41) is 10.8. The number of carbonyl (C=O) groups is 1. The van der Waals surface area contributed by atoms with Crippen molar-refractivity contribution in [2.75, 3.05) is 13.1 Å². The van der Waals surface area contributed by atoms with E-state index in [4.69, 9.17) is 28.9 Å². The molecular formula is C19H20Cl2N2O2. The predicted octanol–water partition coefficient (Wildman–Crippen LogP) is 4.25. The number of hydrogen-bond donors (Lipinski definition) is 2. The zero-order valence-electron chi connectivity index (χ0n) is 13.7. The molecule has 2 aromatic rings. The Labute approximate surface area is 157 Å². The van der Waals surface area contributed by atoms with Gasteiger partial charge in [-0.1, -0.05) is 41.4 Å². The standard InChI is InChI=1S/C19H20Cl2N2O2/c20-15-10-14(17(24)11-16(15)21)18(22)12-6-8-23(9-7-12)19(25)13-4-2-1-3-5-13/h1-5,10-12,18,24H,6-9,22H2. The molecule has 3 N–H and O–H groups in total. The van der Waals surface area contributed by atoms with Gasteiger partial charge in [0.15, 0.2) is 0 Å². The van der Waals surface area contributed by atoms with Crippen LogP contribution in [0.2, 0.25) is 10.0 Å². The quantitative estimate of drug-likeness (QED) is 0.838. The molecule has 0 saturated carbocycles. The summed E-state index contributed by atoms with van der Waals surface area (Å²) in [6.45, 7) is 1.29. The highest BCUT2D eigenvalue weighted by Crippen LogP contribution is 2.37. The maximum absolute atomic E-state index is 12.5. The summed E-state index contributed by atoms with van der Waals surface area (Å²) in [5.74, 6) is 0.276. The minimum absolute atomic E-state index is 0.0463. The highest BCUT2D eigenvalue weighted by atomic mass is 35.5. The number of halogens is 2. The van der Waals surface area contributed by atoms with Crippen molar-refractivity contribution in [2.45, 2.75) is 18.9 Å². The van der Waals surface area contributed by atoms with Crippen molar-refractivity contribution in [3.8, 4) is 5.75 Å². The van der Waals surface area contributed by atoms with Gasteiger partial charge in [0.05, 0.1) is 10.0 Å². The number of carbonyl (C=O) groups excluding carboxylic acids is 1. The van der Waals surface area contributed by atoms with Crippen molar-refractivity contribution in [3.05, 3.63) is 63.6 Å². The van der Waals surface area contributed by atoms with Crippen molar-refractivity contribution in [3.63, 3.8) is 0 Å². The molecular weight excluding hydrogens is 359 g/mol. The SMILES string of the molecule is NC(c1cc(Cl)c(Cl)cc1O)C1CCN(C(=O)c2ccccc2)CC1. The Kier molecular flexibility index (Phi) is 5.52. The van der Waals surface area contributed by atoms with Crippen LogP contribution >= 0.6 is 23.2 Å². The second kappa shape index (κ2) is 7.65. The van der Waals surface area contributed by atoms with Gasteiger partial charge in [0, 0.05) is 36.3 Å². The fraction of sp³-hybridized carbons (Fsp3) is 0.316. The van der Waals surface area contributed by atoms with Crippen LogP contribution in [0.4, 0.5) is 0 Å². The van der Waals surface area contributed by atoms with Crippen LogP contribution < -0.4 is 5.73 Å². The number of nitrogens with zero attached hydrogens (tertiary/aromatic N) is 1. The number of rotatable bonds is 3. The van der Waals surface area contributed by atoms with Gasteiger partial charge in [-0.05, 0) is 37.0 Å². The molecule has 3 rings (SSSR count).